The van der Waals surface area contributed by atoms with Gasteiger partial charge in [-0.2, -0.15) is 3.77 Å². The highest BCUT2D eigenvalue weighted by molar-refractivity contribution is 8.07. The van der Waals surface area contributed by atoms with E-state index in [2.05, 4.69) is 3.77 Å². The van der Waals surface area contributed by atoms with E-state index >= 15 is 0 Å². The third-order valence-corrected chi connectivity index (χ3v) is 5.55. The van der Waals surface area contributed by atoms with Crippen molar-refractivity contribution in [1.29, 1.82) is 0 Å². The molecule has 2 rings (SSSR count). The van der Waals surface area contributed by atoms with Crippen molar-refractivity contribution in [2.75, 3.05) is 6.26 Å². The molecule has 4 heteroatoms. The average molecular weight is 277 g/mol. The standard InChI is InChI=1S/C14H15NOS2/c1-12-8-10-13(11-9-12)17-15-18(2,16)14-6-4-3-5-7-14/h3-11H,1-2H3. The second kappa shape index (κ2) is 5.59. The summed E-state index contributed by atoms with van der Waals surface area (Å²) in [5.41, 5.74) is 1.21. The van der Waals surface area contributed by atoms with Crippen molar-refractivity contribution in [3.63, 3.8) is 0 Å². The van der Waals surface area contributed by atoms with E-state index in [1.165, 1.54) is 17.5 Å². The molecule has 1 atom stereocenters. The van der Waals surface area contributed by atoms with Crippen LogP contribution in [0, 0.1) is 6.92 Å². The SMILES string of the molecule is Cc1ccc(SN=S(C)(=O)c2ccccc2)cc1. The van der Waals surface area contributed by atoms with Crippen LogP contribution in [0.25, 0.3) is 0 Å². The molecule has 0 spiro atoms. The van der Waals surface area contributed by atoms with Gasteiger partial charge in [-0.05, 0) is 31.2 Å². The molecule has 0 aromatic heterocycles. The van der Waals surface area contributed by atoms with Gasteiger partial charge in [0, 0.05) is 28.0 Å². The Labute approximate surface area is 113 Å². The van der Waals surface area contributed by atoms with Crippen LogP contribution >= 0.6 is 11.9 Å². The van der Waals surface area contributed by atoms with Crippen LogP contribution in [0.1, 0.15) is 5.56 Å². The summed E-state index contributed by atoms with van der Waals surface area (Å²) in [7, 11) is -2.33. The summed E-state index contributed by atoms with van der Waals surface area (Å²) >= 11 is 1.28. The zero-order valence-electron chi connectivity index (χ0n) is 10.4. The number of nitrogens with zero attached hydrogens (tertiary/aromatic N) is 1. The van der Waals surface area contributed by atoms with Crippen molar-refractivity contribution in [2.24, 2.45) is 3.77 Å². The van der Waals surface area contributed by atoms with Crippen LogP contribution in [0.4, 0.5) is 0 Å². The molecule has 2 nitrogen and oxygen atoms in total. The highest BCUT2D eigenvalue weighted by atomic mass is 32.2. The topological polar surface area (TPSA) is 29.4 Å². The van der Waals surface area contributed by atoms with Crippen molar-refractivity contribution in [3.05, 3.63) is 60.2 Å². The molecule has 0 heterocycles. The van der Waals surface area contributed by atoms with E-state index in [9.17, 15) is 4.21 Å². The number of aryl methyl sites for hydroxylation is 1. The Morgan fingerprint density at radius 1 is 1.00 bits per heavy atom. The minimum absolute atomic E-state index is 0.768. The van der Waals surface area contributed by atoms with Crippen LogP contribution in [0.15, 0.2) is 68.2 Å². The highest BCUT2D eigenvalue weighted by Gasteiger charge is 2.05. The molecule has 0 radical (unpaired) electrons. The molecule has 2 aromatic rings. The lowest BCUT2D eigenvalue weighted by molar-refractivity contribution is 0.681. The van der Waals surface area contributed by atoms with Crippen LogP contribution in [-0.4, -0.2) is 10.5 Å². The summed E-state index contributed by atoms with van der Waals surface area (Å²) in [5.74, 6) is 0. The van der Waals surface area contributed by atoms with Gasteiger partial charge in [-0.1, -0.05) is 35.9 Å². The van der Waals surface area contributed by atoms with Gasteiger partial charge in [0.2, 0.25) is 0 Å². The van der Waals surface area contributed by atoms with Crippen LogP contribution in [0.2, 0.25) is 0 Å². The third kappa shape index (κ3) is 3.37. The Balaban J connectivity index is 2.23. The lowest BCUT2D eigenvalue weighted by atomic mass is 10.2. The molecule has 0 bridgehead atoms. The molecule has 0 saturated carbocycles. The highest BCUT2D eigenvalue weighted by Crippen LogP contribution is 2.23. The van der Waals surface area contributed by atoms with Crippen molar-refractivity contribution >= 4 is 21.7 Å². The smallest absolute Gasteiger partial charge is 0.0836 e. The van der Waals surface area contributed by atoms with E-state index in [1.807, 2.05) is 61.5 Å². The Bertz CT molecular complexity index is 627. The zero-order chi connectivity index (χ0) is 13.0. The first-order valence-electron chi connectivity index (χ1n) is 5.58. The third-order valence-electron chi connectivity index (χ3n) is 2.49. The number of hydrogen-bond acceptors (Lipinski definition) is 3. The zero-order valence-corrected chi connectivity index (χ0v) is 12.0. The van der Waals surface area contributed by atoms with E-state index in [1.54, 1.807) is 6.26 Å². The minimum atomic E-state index is -2.33. The summed E-state index contributed by atoms with van der Waals surface area (Å²) in [6.07, 6.45) is 1.67. The summed E-state index contributed by atoms with van der Waals surface area (Å²) in [6.45, 7) is 2.04. The predicted molar refractivity (Wildman–Crippen MR) is 78.2 cm³/mol. The van der Waals surface area contributed by atoms with Gasteiger partial charge in [0.05, 0.1) is 9.73 Å². The van der Waals surface area contributed by atoms with Gasteiger partial charge in [0.25, 0.3) is 0 Å². The average Bonchev–Trinajstić information content (AvgIpc) is 2.39. The molecule has 0 aliphatic heterocycles. The van der Waals surface area contributed by atoms with E-state index < -0.39 is 9.73 Å². The van der Waals surface area contributed by atoms with Gasteiger partial charge < -0.3 is 0 Å². The Morgan fingerprint density at radius 2 is 1.61 bits per heavy atom. The summed E-state index contributed by atoms with van der Waals surface area (Å²) in [4.78, 5) is 1.77. The molecule has 2 aromatic carbocycles. The molecule has 0 N–H and O–H groups in total. The number of rotatable bonds is 3. The van der Waals surface area contributed by atoms with Crippen LogP contribution < -0.4 is 0 Å². The van der Waals surface area contributed by atoms with Gasteiger partial charge >= 0.3 is 0 Å². The summed E-state index contributed by atoms with van der Waals surface area (Å²) < 4.78 is 16.7. The second-order valence-corrected chi connectivity index (χ2v) is 7.42. The van der Waals surface area contributed by atoms with Gasteiger partial charge in [0.1, 0.15) is 0 Å². The van der Waals surface area contributed by atoms with Gasteiger partial charge in [-0.3, -0.25) is 0 Å². The fourth-order valence-electron chi connectivity index (χ4n) is 1.43. The first-order chi connectivity index (χ1) is 8.58. The first-order valence-corrected chi connectivity index (χ1v) is 8.28. The number of hydrogen-bond donors (Lipinski definition) is 0. The molecule has 0 fully saturated rings. The second-order valence-electron chi connectivity index (χ2n) is 4.09. The summed E-state index contributed by atoms with van der Waals surface area (Å²) in [6, 6.07) is 17.4. The van der Waals surface area contributed by atoms with E-state index in [4.69, 9.17) is 0 Å². The molecular weight excluding hydrogens is 262 g/mol. The van der Waals surface area contributed by atoms with Crippen molar-refractivity contribution in [2.45, 2.75) is 16.7 Å². The maximum absolute atomic E-state index is 12.4. The lowest BCUT2D eigenvalue weighted by Crippen LogP contribution is -1.95. The molecule has 18 heavy (non-hydrogen) atoms. The molecule has 1 unspecified atom stereocenters. The van der Waals surface area contributed by atoms with Crippen molar-refractivity contribution < 1.29 is 4.21 Å². The minimum Gasteiger partial charge on any atom is -0.244 e. The fourth-order valence-corrected chi connectivity index (χ4v) is 3.61. The maximum Gasteiger partial charge on any atom is 0.0836 e. The van der Waals surface area contributed by atoms with Crippen LogP contribution in [0.3, 0.4) is 0 Å². The quantitative estimate of drug-likeness (QED) is 0.788. The molecular formula is C14H15NOS2. The Kier molecular flexibility index (Phi) is 4.09. The summed E-state index contributed by atoms with van der Waals surface area (Å²) in [5, 5.41) is 0. The molecule has 0 saturated heterocycles. The van der Waals surface area contributed by atoms with Gasteiger partial charge in [0.15, 0.2) is 0 Å². The first kappa shape index (κ1) is 13.2. The molecule has 0 aliphatic carbocycles. The van der Waals surface area contributed by atoms with E-state index in [-0.39, 0.29) is 0 Å². The monoisotopic (exact) mass is 277 g/mol. The van der Waals surface area contributed by atoms with Crippen LogP contribution in [-0.2, 0) is 9.73 Å². The molecule has 0 aliphatic rings. The Hall–Kier alpha value is -1.26. The molecule has 94 valence electrons. The fraction of sp³-hybridized carbons (Fsp3) is 0.143. The van der Waals surface area contributed by atoms with Crippen LogP contribution in [0.5, 0.6) is 0 Å². The van der Waals surface area contributed by atoms with Gasteiger partial charge in [-0.15, -0.1) is 0 Å². The maximum atomic E-state index is 12.4. The van der Waals surface area contributed by atoms with Crippen molar-refractivity contribution in [3.8, 4) is 0 Å². The lowest BCUT2D eigenvalue weighted by Gasteiger charge is -2.03. The largest absolute Gasteiger partial charge is 0.244 e. The van der Waals surface area contributed by atoms with E-state index in [0.29, 0.717) is 0 Å². The van der Waals surface area contributed by atoms with E-state index in [0.717, 1.165) is 9.79 Å². The predicted octanol–water partition coefficient (Wildman–Crippen LogP) is 4.16. The Morgan fingerprint density at radius 3 is 2.22 bits per heavy atom. The normalized spacial score (nSPS) is 13.9. The van der Waals surface area contributed by atoms with Crippen molar-refractivity contribution in [1.82, 2.24) is 0 Å². The molecule has 0 amide bonds. The number of benzene rings is 2. The van der Waals surface area contributed by atoms with Gasteiger partial charge in [-0.25, -0.2) is 4.21 Å².